The maximum atomic E-state index is 10.7. The van der Waals surface area contributed by atoms with E-state index in [0.717, 1.165) is 5.56 Å². The summed E-state index contributed by atoms with van der Waals surface area (Å²) in [4.78, 5) is 12.3. The van der Waals surface area contributed by atoms with Crippen LogP contribution in [0, 0.1) is 10.1 Å². The average molecular weight is 243 g/mol. The van der Waals surface area contributed by atoms with Crippen molar-refractivity contribution in [2.75, 3.05) is 7.05 Å². The van der Waals surface area contributed by atoms with Crippen molar-refractivity contribution in [2.45, 2.75) is 26.4 Å². The van der Waals surface area contributed by atoms with E-state index < -0.39 is 4.92 Å². The fraction of sp³-hybridized carbons (Fsp3) is 0.455. The van der Waals surface area contributed by atoms with Crippen molar-refractivity contribution in [3.63, 3.8) is 0 Å². The number of nitro groups is 1. The molecule has 0 aromatic heterocycles. The van der Waals surface area contributed by atoms with Gasteiger partial charge in [-0.1, -0.05) is 17.7 Å². The third-order valence-electron chi connectivity index (χ3n) is 2.52. The lowest BCUT2D eigenvalue weighted by Gasteiger charge is -2.20. The first-order valence-electron chi connectivity index (χ1n) is 5.05. The van der Waals surface area contributed by atoms with Crippen LogP contribution in [0.2, 0.25) is 5.02 Å². The number of hydrogen-bond acceptors (Lipinski definition) is 3. The zero-order valence-electron chi connectivity index (χ0n) is 9.61. The van der Waals surface area contributed by atoms with Gasteiger partial charge in [-0.25, -0.2) is 0 Å². The van der Waals surface area contributed by atoms with Crippen molar-refractivity contribution in [1.82, 2.24) is 4.90 Å². The van der Waals surface area contributed by atoms with Gasteiger partial charge in [0.2, 0.25) is 0 Å². The zero-order valence-corrected chi connectivity index (χ0v) is 10.4. The van der Waals surface area contributed by atoms with Crippen LogP contribution in [0.25, 0.3) is 0 Å². The molecule has 0 unspecified atom stereocenters. The van der Waals surface area contributed by atoms with Crippen LogP contribution in [-0.2, 0) is 6.54 Å². The lowest BCUT2D eigenvalue weighted by Crippen LogP contribution is -2.25. The third kappa shape index (κ3) is 3.18. The van der Waals surface area contributed by atoms with E-state index >= 15 is 0 Å². The molecule has 0 aliphatic heterocycles. The number of nitro benzene ring substituents is 1. The van der Waals surface area contributed by atoms with E-state index in [-0.39, 0.29) is 10.7 Å². The highest BCUT2D eigenvalue weighted by Gasteiger charge is 2.13. The van der Waals surface area contributed by atoms with E-state index in [1.165, 1.54) is 6.07 Å². The maximum Gasteiger partial charge on any atom is 0.288 e. The van der Waals surface area contributed by atoms with E-state index in [2.05, 4.69) is 18.7 Å². The highest BCUT2D eigenvalue weighted by Crippen LogP contribution is 2.25. The monoisotopic (exact) mass is 242 g/mol. The summed E-state index contributed by atoms with van der Waals surface area (Å²) >= 11 is 5.74. The molecule has 0 amide bonds. The van der Waals surface area contributed by atoms with Crippen LogP contribution >= 0.6 is 11.6 Å². The summed E-state index contributed by atoms with van der Waals surface area (Å²) in [5.74, 6) is 0. The van der Waals surface area contributed by atoms with Crippen LogP contribution in [0.15, 0.2) is 18.2 Å². The molecule has 1 aromatic carbocycles. The fourth-order valence-electron chi connectivity index (χ4n) is 1.27. The first-order chi connectivity index (χ1) is 7.41. The van der Waals surface area contributed by atoms with Crippen molar-refractivity contribution in [2.24, 2.45) is 0 Å². The number of halogens is 1. The molecule has 4 nitrogen and oxygen atoms in total. The smallest absolute Gasteiger partial charge is 0.288 e. The maximum absolute atomic E-state index is 10.7. The molecule has 88 valence electrons. The molecule has 0 aliphatic rings. The summed E-state index contributed by atoms with van der Waals surface area (Å²) in [6.07, 6.45) is 0. The van der Waals surface area contributed by atoms with Crippen molar-refractivity contribution in [3.05, 3.63) is 38.9 Å². The van der Waals surface area contributed by atoms with Crippen LogP contribution in [0.5, 0.6) is 0 Å². The van der Waals surface area contributed by atoms with Gasteiger partial charge in [-0.15, -0.1) is 0 Å². The van der Waals surface area contributed by atoms with Gasteiger partial charge in [0.25, 0.3) is 5.69 Å². The molecule has 0 heterocycles. The second-order valence-corrected chi connectivity index (χ2v) is 4.46. The average Bonchev–Trinajstić information content (AvgIpc) is 2.20. The van der Waals surface area contributed by atoms with Gasteiger partial charge in [0.1, 0.15) is 5.02 Å². The van der Waals surface area contributed by atoms with E-state index in [9.17, 15) is 10.1 Å². The summed E-state index contributed by atoms with van der Waals surface area (Å²) in [5, 5.41) is 10.9. The fourth-order valence-corrected chi connectivity index (χ4v) is 1.45. The first kappa shape index (κ1) is 12.9. The summed E-state index contributed by atoms with van der Waals surface area (Å²) in [7, 11) is 1.98. The van der Waals surface area contributed by atoms with Crippen molar-refractivity contribution in [3.8, 4) is 0 Å². The number of rotatable bonds is 4. The van der Waals surface area contributed by atoms with E-state index in [0.29, 0.717) is 12.6 Å². The lowest BCUT2D eigenvalue weighted by molar-refractivity contribution is -0.384. The molecular weight excluding hydrogens is 228 g/mol. The van der Waals surface area contributed by atoms with Crippen LogP contribution in [0.3, 0.4) is 0 Å². The molecule has 0 N–H and O–H groups in total. The van der Waals surface area contributed by atoms with Crippen molar-refractivity contribution < 1.29 is 4.92 Å². The number of nitrogens with zero attached hydrogens (tertiary/aromatic N) is 2. The predicted molar refractivity (Wildman–Crippen MR) is 64.7 cm³/mol. The second kappa shape index (κ2) is 5.27. The van der Waals surface area contributed by atoms with E-state index in [1.54, 1.807) is 6.07 Å². The molecule has 0 saturated carbocycles. The molecule has 0 spiro atoms. The SMILES string of the molecule is CC(C)N(C)Cc1ccc(Cl)c([N+](=O)[O-])c1. The van der Waals surface area contributed by atoms with Gasteiger partial charge in [-0.3, -0.25) is 15.0 Å². The predicted octanol–water partition coefficient (Wildman–Crippen LogP) is 3.09. The van der Waals surface area contributed by atoms with Gasteiger partial charge in [0, 0.05) is 18.7 Å². The molecule has 0 bridgehead atoms. The van der Waals surface area contributed by atoms with Crippen LogP contribution < -0.4 is 0 Å². The largest absolute Gasteiger partial charge is 0.300 e. The van der Waals surface area contributed by atoms with E-state index in [4.69, 9.17) is 11.6 Å². The molecule has 0 saturated heterocycles. The molecule has 1 rings (SSSR count). The second-order valence-electron chi connectivity index (χ2n) is 4.05. The minimum absolute atomic E-state index is 0.0312. The molecule has 0 aliphatic carbocycles. The van der Waals surface area contributed by atoms with Gasteiger partial charge in [-0.2, -0.15) is 0 Å². The van der Waals surface area contributed by atoms with E-state index in [1.807, 2.05) is 13.1 Å². The number of hydrogen-bond donors (Lipinski definition) is 0. The minimum atomic E-state index is -0.457. The molecule has 1 aromatic rings. The minimum Gasteiger partial charge on any atom is -0.300 e. The highest BCUT2D eigenvalue weighted by molar-refractivity contribution is 6.32. The Hall–Kier alpha value is -1.13. The Morgan fingerprint density at radius 3 is 2.62 bits per heavy atom. The van der Waals surface area contributed by atoms with Crippen LogP contribution in [0.1, 0.15) is 19.4 Å². The Morgan fingerprint density at radius 2 is 2.12 bits per heavy atom. The van der Waals surface area contributed by atoms with Gasteiger partial charge in [0.05, 0.1) is 4.92 Å². The standard InChI is InChI=1S/C11H15ClN2O2/c1-8(2)13(3)7-9-4-5-10(12)11(6-9)14(15)16/h4-6,8H,7H2,1-3H3. The normalized spacial score (nSPS) is 11.1. The molecule has 0 fully saturated rings. The first-order valence-corrected chi connectivity index (χ1v) is 5.42. The van der Waals surface area contributed by atoms with Gasteiger partial charge in [0.15, 0.2) is 0 Å². The molecule has 0 atom stereocenters. The summed E-state index contributed by atoms with van der Waals surface area (Å²) in [6, 6.07) is 5.31. The molecule has 5 heteroatoms. The van der Waals surface area contributed by atoms with Crippen molar-refractivity contribution in [1.29, 1.82) is 0 Å². The highest BCUT2D eigenvalue weighted by atomic mass is 35.5. The number of benzene rings is 1. The van der Waals surface area contributed by atoms with Gasteiger partial charge >= 0.3 is 0 Å². The summed E-state index contributed by atoms with van der Waals surface area (Å²) in [5.41, 5.74) is 0.864. The third-order valence-corrected chi connectivity index (χ3v) is 2.84. The van der Waals surface area contributed by atoms with Crippen molar-refractivity contribution >= 4 is 17.3 Å². The van der Waals surface area contributed by atoms with Crippen LogP contribution in [-0.4, -0.2) is 22.9 Å². The zero-order chi connectivity index (χ0) is 12.3. The summed E-state index contributed by atoms with van der Waals surface area (Å²) < 4.78 is 0. The topological polar surface area (TPSA) is 46.4 Å². The van der Waals surface area contributed by atoms with Gasteiger partial charge < -0.3 is 0 Å². The van der Waals surface area contributed by atoms with Gasteiger partial charge in [-0.05, 0) is 32.5 Å². The Morgan fingerprint density at radius 1 is 1.50 bits per heavy atom. The summed E-state index contributed by atoms with van der Waals surface area (Å²) in [6.45, 7) is 4.82. The lowest BCUT2D eigenvalue weighted by atomic mass is 10.2. The molecule has 0 radical (unpaired) electrons. The Balaban J connectivity index is 2.91. The Bertz CT molecular complexity index is 394. The molecule has 16 heavy (non-hydrogen) atoms. The quantitative estimate of drug-likeness (QED) is 0.602. The van der Waals surface area contributed by atoms with Crippen LogP contribution in [0.4, 0.5) is 5.69 Å². The Kier molecular flexibility index (Phi) is 4.26. The molecular formula is C11H15ClN2O2. The Labute approximate surface area is 100.0 Å².